The van der Waals surface area contributed by atoms with Gasteiger partial charge in [-0.05, 0) is 37.7 Å². The van der Waals surface area contributed by atoms with Crippen LogP contribution in [0.4, 0.5) is 0 Å². The number of fused-ring (bicyclic) bond motifs is 5. The van der Waals surface area contributed by atoms with Crippen LogP contribution in [-0.2, 0) is 12.8 Å². The number of likely N-dealkylation sites (N-methyl/N-ethyl adjacent to an activating group) is 1. The van der Waals surface area contributed by atoms with E-state index in [1.165, 1.54) is 21.8 Å². The highest BCUT2D eigenvalue weighted by Crippen LogP contribution is 2.38. The van der Waals surface area contributed by atoms with Crippen molar-refractivity contribution in [2.24, 2.45) is 5.92 Å². The first-order valence-corrected chi connectivity index (χ1v) is 9.35. The van der Waals surface area contributed by atoms with Gasteiger partial charge in [0.1, 0.15) is 10.7 Å². The quantitative estimate of drug-likeness (QED) is 0.771. The molecule has 0 saturated heterocycles. The van der Waals surface area contributed by atoms with Crippen molar-refractivity contribution < 1.29 is 9.90 Å². The number of rotatable bonds is 3. The molecule has 0 unspecified atom stereocenters. The van der Waals surface area contributed by atoms with E-state index in [2.05, 4.69) is 17.0 Å². The zero-order valence-corrected chi connectivity index (χ0v) is 15.4. The lowest BCUT2D eigenvalue weighted by molar-refractivity contribution is 0.0755. The summed E-state index contributed by atoms with van der Waals surface area (Å²) in [5, 5.41) is 14.5. The zero-order chi connectivity index (χ0) is 17.7. The molecule has 3 aromatic heterocycles. The van der Waals surface area contributed by atoms with Crippen LogP contribution in [0.5, 0.6) is 0 Å². The molecule has 1 aliphatic carbocycles. The second-order valence-electron chi connectivity index (χ2n) is 6.81. The van der Waals surface area contributed by atoms with Crippen LogP contribution in [0, 0.1) is 12.8 Å². The summed E-state index contributed by atoms with van der Waals surface area (Å²) in [4.78, 5) is 25.6. The van der Waals surface area contributed by atoms with Crippen molar-refractivity contribution in [3.63, 3.8) is 0 Å². The standard InChI is InChI=1S/C17H21N5O2S/c1-9-4-5-12-11(8-9)13-15-19-14(17(24)21(3)6-7-23)20-22(15)10(2)18-16(13)25-12/h9,23H,4-8H2,1-3H3/t9-/m1/s1. The highest BCUT2D eigenvalue weighted by Gasteiger charge is 2.26. The average Bonchev–Trinajstić information content (AvgIpc) is 3.15. The average molecular weight is 359 g/mol. The Labute approximate surface area is 149 Å². The third kappa shape index (κ3) is 2.60. The molecule has 4 rings (SSSR count). The van der Waals surface area contributed by atoms with Crippen LogP contribution in [0.2, 0.25) is 0 Å². The molecule has 25 heavy (non-hydrogen) atoms. The third-order valence-electron chi connectivity index (χ3n) is 4.86. The molecule has 3 aromatic rings. The van der Waals surface area contributed by atoms with Gasteiger partial charge < -0.3 is 10.0 Å². The molecule has 0 bridgehead atoms. The van der Waals surface area contributed by atoms with Crippen LogP contribution in [0.15, 0.2) is 0 Å². The topological polar surface area (TPSA) is 83.6 Å². The second-order valence-corrected chi connectivity index (χ2v) is 7.90. The van der Waals surface area contributed by atoms with Gasteiger partial charge in [-0.15, -0.1) is 16.4 Å². The molecule has 7 nitrogen and oxygen atoms in total. The summed E-state index contributed by atoms with van der Waals surface area (Å²) in [7, 11) is 1.64. The summed E-state index contributed by atoms with van der Waals surface area (Å²) in [5.74, 6) is 1.23. The number of carbonyl (C=O) groups is 1. The maximum absolute atomic E-state index is 12.5. The number of aliphatic hydroxyl groups is 1. The van der Waals surface area contributed by atoms with Crippen LogP contribution in [-0.4, -0.2) is 55.7 Å². The van der Waals surface area contributed by atoms with Crippen LogP contribution in [0.1, 0.15) is 40.2 Å². The van der Waals surface area contributed by atoms with Crippen molar-refractivity contribution >= 4 is 33.1 Å². The molecule has 1 N–H and O–H groups in total. The van der Waals surface area contributed by atoms with E-state index in [-0.39, 0.29) is 24.9 Å². The summed E-state index contributed by atoms with van der Waals surface area (Å²) in [6.45, 7) is 4.32. The monoisotopic (exact) mass is 359 g/mol. The molecule has 0 radical (unpaired) electrons. The van der Waals surface area contributed by atoms with Gasteiger partial charge in [-0.25, -0.2) is 9.97 Å². The van der Waals surface area contributed by atoms with Crippen molar-refractivity contribution in [1.29, 1.82) is 0 Å². The van der Waals surface area contributed by atoms with Gasteiger partial charge in [0.25, 0.3) is 5.91 Å². The van der Waals surface area contributed by atoms with E-state index >= 15 is 0 Å². The van der Waals surface area contributed by atoms with Gasteiger partial charge in [0.15, 0.2) is 5.65 Å². The normalized spacial score (nSPS) is 17.2. The van der Waals surface area contributed by atoms with Crippen molar-refractivity contribution in [3.05, 3.63) is 22.1 Å². The molecule has 1 aliphatic rings. The summed E-state index contributed by atoms with van der Waals surface area (Å²) in [5.41, 5.74) is 2.04. The van der Waals surface area contributed by atoms with Crippen LogP contribution in [0.3, 0.4) is 0 Å². The summed E-state index contributed by atoms with van der Waals surface area (Å²) in [6.07, 6.45) is 3.32. The molecule has 8 heteroatoms. The molecule has 0 saturated carbocycles. The smallest absolute Gasteiger partial charge is 0.293 e. The Bertz CT molecular complexity index is 977. The number of hydrogen-bond acceptors (Lipinski definition) is 6. The molecule has 132 valence electrons. The fraction of sp³-hybridized carbons (Fsp3) is 0.529. The first-order chi connectivity index (χ1) is 12.0. The molecule has 3 heterocycles. The number of aryl methyl sites for hydroxylation is 2. The predicted molar refractivity (Wildman–Crippen MR) is 96.1 cm³/mol. The van der Waals surface area contributed by atoms with E-state index in [1.807, 2.05) is 6.92 Å². The Hall–Kier alpha value is -2.06. The predicted octanol–water partition coefficient (Wildman–Crippen LogP) is 1.84. The van der Waals surface area contributed by atoms with E-state index in [4.69, 9.17) is 10.1 Å². The Morgan fingerprint density at radius 2 is 2.24 bits per heavy atom. The lowest BCUT2D eigenvalue weighted by atomic mass is 9.89. The Morgan fingerprint density at radius 3 is 3.00 bits per heavy atom. The Balaban J connectivity index is 1.91. The number of thiophene rings is 1. The van der Waals surface area contributed by atoms with Crippen molar-refractivity contribution in [3.8, 4) is 0 Å². The van der Waals surface area contributed by atoms with E-state index in [0.717, 1.165) is 34.5 Å². The fourth-order valence-corrected chi connectivity index (χ4v) is 4.72. The van der Waals surface area contributed by atoms with Gasteiger partial charge >= 0.3 is 0 Å². The summed E-state index contributed by atoms with van der Waals surface area (Å²) >= 11 is 1.74. The molecule has 0 spiro atoms. The molecular weight excluding hydrogens is 338 g/mol. The lowest BCUT2D eigenvalue weighted by Crippen LogP contribution is -2.30. The van der Waals surface area contributed by atoms with Crippen molar-refractivity contribution in [1.82, 2.24) is 24.5 Å². The van der Waals surface area contributed by atoms with Crippen LogP contribution < -0.4 is 0 Å². The summed E-state index contributed by atoms with van der Waals surface area (Å²) in [6, 6.07) is 0. The van der Waals surface area contributed by atoms with E-state index < -0.39 is 0 Å². The van der Waals surface area contributed by atoms with Crippen LogP contribution >= 0.6 is 11.3 Å². The minimum absolute atomic E-state index is 0.0869. The van der Waals surface area contributed by atoms with Crippen LogP contribution in [0.25, 0.3) is 15.9 Å². The first-order valence-electron chi connectivity index (χ1n) is 8.53. The number of hydrogen-bond donors (Lipinski definition) is 1. The minimum Gasteiger partial charge on any atom is -0.395 e. The van der Waals surface area contributed by atoms with E-state index in [9.17, 15) is 4.79 Å². The van der Waals surface area contributed by atoms with Gasteiger partial charge in [0.05, 0.1) is 12.0 Å². The van der Waals surface area contributed by atoms with Gasteiger partial charge in [-0.2, -0.15) is 4.52 Å². The van der Waals surface area contributed by atoms with Gasteiger partial charge in [-0.3, -0.25) is 4.79 Å². The molecule has 0 aromatic carbocycles. The second kappa shape index (κ2) is 6.03. The number of nitrogens with zero attached hydrogens (tertiary/aromatic N) is 5. The Morgan fingerprint density at radius 1 is 1.44 bits per heavy atom. The van der Waals surface area contributed by atoms with E-state index in [1.54, 1.807) is 22.9 Å². The third-order valence-corrected chi connectivity index (χ3v) is 6.05. The zero-order valence-electron chi connectivity index (χ0n) is 14.6. The number of aliphatic hydroxyl groups excluding tert-OH is 1. The maximum Gasteiger partial charge on any atom is 0.293 e. The van der Waals surface area contributed by atoms with E-state index in [0.29, 0.717) is 5.92 Å². The lowest BCUT2D eigenvalue weighted by Gasteiger charge is -2.17. The number of carbonyl (C=O) groups excluding carboxylic acids is 1. The molecule has 1 atom stereocenters. The van der Waals surface area contributed by atoms with Crippen molar-refractivity contribution in [2.75, 3.05) is 20.2 Å². The molecule has 0 fully saturated rings. The molecule has 1 amide bonds. The minimum atomic E-state index is -0.289. The molecule has 0 aliphatic heterocycles. The number of amides is 1. The fourth-order valence-electron chi connectivity index (χ4n) is 3.46. The Kier molecular flexibility index (Phi) is 3.96. The SMILES string of the molecule is Cc1nc2sc3c(c2c2nc(C(=O)N(C)CCO)nn12)C[C@H](C)CC3. The van der Waals surface area contributed by atoms with Gasteiger partial charge in [0, 0.05) is 18.5 Å². The largest absolute Gasteiger partial charge is 0.395 e. The highest BCUT2D eigenvalue weighted by molar-refractivity contribution is 7.19. The summed E-state index contributed by atoms with van der Waals surface area (Å²) < 4.78 is 1.68. The molecular formula is C17H21N5O2S. The highest BCUT2D eigenvalue weighted by atomic mass is 32.1. The maximum atomic E-state index is 12.5. The van der Waals surface area contributed by atoms with Crippen molar-refractivity contribution in [2.45, 2.75) is 33.1 Å². The first kappa shape index (κ1) is 16.4. The van der Waals surface area contributed by atoms with Gasteiger partial charge in [0.2, 0.25) is 5.82 Å². The number of aromatic nitrogens is 4. The van der Waals surface area contributed by atoms with Gasteiger partial charge in [-0.1, -0.05) is 6.92 Å².